The maximum absolute atomic E-state index is 11.6. The van der Waals surface area contributed by atoms with Gasteiger partial charge in [0, 0.05) is 11.3 Å². The number of carbonyl (C=O) groups excluding carboxylic acids is 1. The quantitative estimate of drug-likeness (QED) is 0.767. The maximum atomic E-state index is 11.6. The molecule has 0 saturated carbocycles. The number of ether oxygens (including phenoxy) is 2. The summed E-state index contributed by atoms with van der Waals surface area (Å²) in [4.78, 5) is 11.6. The van der Waals surface area contributed by atoms with E-state index < -0.39 is 0 Å². The van der Waals surface area contributed by atoms with Crippen molar-refractivity contribution in [1.82, 2.24) is 5.32 Å². The molecular weight excluding hydrogens is 244 g/mol. The molecule has 5 heteroatoms. The van der Waals surface area contributed by atoms with E-state index in [0.717, 1.165) is 24.2 Å². The summed E-state index contributed by atoms with van der Waals surface area (Å²) in [6.07, 6.45) is 0.750. The van der Waals surface area contributed by atoms with E-state index in [1.54, 1.807) is 0 Å². The van der Waals surface area contributed by atoms with E-state index in [0.29, 0.717) is 19.8 Å². The van der Waals surface area contributed by atoms with Gasteiger partial charge in [0.05, 0.1) is 19.8 Å². The van der Waals surface area contributed by atoms with Crippen LogP contribution in [0.1, 0.15) is 25.2 Å². The van der Waals surface area contributed by atoms with Crippen LogP contribution in [-0.2, 0) is 14.3 Å². The molecule has 0 radical (unpaired) electrons. The SMILES string of the molecule is CCCNCC(=O)Nc1ccc(C2OCCO2)cc1. The van der Waals surface area contributed by atoms with Crippen molar-refractivity contribution in [2.45, 2.75) is 19.6 Å². The second-order valence-corrected chi connectivity index (χ2v) is 4.42. The van der Waals surface area contributed by atoms with Crippen LogP contribution in [0.4, 0.5) is 5.69 Å². The molecule has 0 spiro atoms. The third kappa shape index (κ3) is 4.31. The number of nitrogens with one attached hydrogen (secondary N) is 2. The molecule has 0 bridgehead atoms. The summed E-state index contributed by atoms with van der Waals surface area (Å²) in [5.41, 5.74) is 1.75. The Hall–Kier alpha value is -1.43. The molecule has 104 valence electrons. The Kier molecular flexibility index (Phi) is 5.32. The topological polar surface area (TPSA) is 59.6 Å². The van der Waals surface area contributed by atoms with Crippen molar-refractivity contribution in [1.29, 1.82) is 0 Å². The largest absolute Gasteiger partial charge is 0.346 e. The molecule has 0 unspecified atom stereocenters. The van der Waals surface area contributed by atoms with Crippen molar-refractivity contribution in [3.8, 4) is 0 Å². The van der Waals surface area contributed by atoms with Crippen LogP contribution in [0.2, 0.25) is 0 Å². The van der Waals surface area contributed by atoms with Gasteiger partial charge < -0.3 is 20.1 Å². The first-order chi connectivity index (χ1) is 9.29. The van der Waals surface area contributed by atoms with Crippen molar-refractivity contribution >= 4 is 11.6 Å². The van der Waals surface area contributed by atoms with Gasteiger partial charge in [-0.15, -0.1) is 0 Å². The first-order valence-electron chi connectivity index (χ1n) is 6.63. The van der Waals surface area contributed by atoms with E-state index in [2.05, 4.69) is 17.6 Å². The van der Waals surface area contributed by atoms with Crippen molar-refractivity contribution in [3.63, 3.8) is 0 Å². The second-order valence-electron chi connectivity index (χ2n) is 4.42. The minimum atomic E-state index is -0.268. The Balaban J connectivity index is 1.82. The zero-order chi connectivity index (χ0) is 13.5. The number of rotatable bonds is 6. The molecule has 1 saturated heterocycles. The van der Waals surface area contributed by atoms with Gasteiger partial charge in [0.25, 0.3) is 0 Å². The zero-order valence-corrected chi connectivity index (χ0v) is 11.1. The molecule has 2 N–H and O–H groups in total. The molecule has 5 nitrogen and oxygen atoms in total. The van der Waals surface area contributed by atoms with E-state index in [1.165, 1.54) is 0 Å². The van der Waals surface area contributed by atoms with Gasteiger partial charge in [0.2, 0.25) is 5.91 Å². The van der Waals surface area contributed by atoms with Crippen molar-refractivity contribution in [3.05, 3.63) is 29.8 Å². The summed E-state index contributed by atoms with van der Waals surface area (Å²) >= 11 is 0. The van der Waals surface area contributed by atoms with E-state index in [4.69, 9.17) is 9.47 Å². The van der Waals surface area contributed by atoms with Crippen LogP contribution < -0.4 is 10.6 Å². The van der Waals surface area contributed by atoms with Gasteiger partial charge in [-0.05, 0) is 25.1 Å². The monoisotopic (exact) mass is 264 g/mol. The molecule has 19 heavy (non-hydrogen) atoms. The third-order valence-electron chi connectivity index (χ3n) is 2.80. The average Bonchev–Trinajstić information content (AvgIpc) is 2.94. The molecule has 1 aromatic carbocycles. The Morgan fingerprint density at radius 2 is 1.95 bits per heavy atom. The van der Waals surface area contributed by atoms with E-state index in [1.807, 2.05) is 24.3 Å². The van der Waals surface area contributed by atoms with Gasteiger partial charge in [-0.1, -0.05) is 19.1 Å². The number of amides is 1. The number of hydrogen-bond donors (Lipinski definition) is 2. The molecule has 2 rings (SSSR count). The Labute approximate surface area is 113 Å². The normalized spacial score (nSPS) is 15.6. The Morgan fingerprint density at radius 1 is 1.26 bits per heavy atom. The molecule has 0 atom stereocenters. The van der Waals surface area contributed by atoms with Crippen LogP contribution in [0.25, 0.3) is 0 Å². The average molecular weight is 264 g/mol. The van der Waals surface area contributed by atoms with Crippen molar-refractivity contribution < 1.29 is 14.3 Å². The highest BCUT2D eigenvalue weighted by Gasteiger charge is 2.17. The summed E-state index contributed by atoms with van der Waals surface area (Å²) in [7, 11) is 0. The molecule has 0 aromatic heterocycles. The summed E-state index contributed by atoms with van der Waals surface area (Å²) in [5.74, 6) is -0.0328. The molecule has 1 heterocycles. The van der Waals surface area contributed by atoms with Crippen LogP contribution in [0.3, 0.4) is 0 Å². The zero-order valence-electron chi connectivity index (χ0n) is 11.1. The third-order valence-corrected chi connectivity index (χ3v) is 2.80. The molecule has 1 amide bonds. The molecule has 1 aromatic rings. The summed E-state index contributed by atoms with van der Waals surface area (Å²) < 4.78 is 10.8. The fraction of sp³-hybridized carbons (Fsp3) is 0.500. The predicted molar refractivity (Wildman–Crippen MR) is 72.9 cm³/mol. The second kappa shape index (κ2) is 7.23. The lowest BCUT2D eigenvalue weighted by molar-refractivity contribution is -0.115. The Morgan fingerprint density at radius 3 is 2.58 bits per heavy atom. The minimum Gasteiger partial charge on any atom is -0.346 e. The lowest BCUT2D eigenvalue weighted by Crippen LogP contribution is -2.28. The van der Waals surface area contributed by atoms with Gasteiger partial charge in [-0.25, -0.2) is 0 Å². The lowest BCUT2D eigenvalue weighted by Gasteiger charge is -2.10. The summed E-state index contributed by atoms with van der Waals surface area (Å²) in [6.45, 7) is 4.52. The molecule has 1 aliphatic heterocycles. The number of hydrogen-bond acceptors (Lipinski definition) is 4. The van der Waals surface area contributed by atoms with Gasteiger partial charge in [0.15, 0.2) is 6.29 Å². The number of anilines is 1. The highest BCUT2D eigenvalue weighted by atomic mass is 16.7. The summed E-state index contributed by atoms with van der Waals surface area (Å²) in [6, 6.07) is 7.53. The maximum Gasteiger partial charge on any atom is 0.238 e. The smallest absolute Gasteiger partial charge is 0.238 e. The van der Waals surface area contributed by atoms with Crippen molar-refractivity contribution in [2.75, 3.05) is 31.6 Å². The highest BCUT2D eigenvalue weighted by Crippen LogP contribution is 2.24. The predicted octanol–water partition coefficient (Wildman–Crippen LogP) is 1.67. The lowest BCUT2D eigenvalue weighted by atomic mass is 10.2. The molecule has 1 aliphatic rings. The van der Waals surface area contributed by atoms with Crippen LogP contribution in [0.5, 0.6) is 0 Å². The fourth-order valence-corrected chi connectivity index (χ4v) is 1.86. The summed E-state index contributed by atoms with van der Waals surface area (Å²) in [5, 5.41) is 5.89. The first-order valence-corrected chi connectivity index (χ1v) is 6.63. The van der Waals surface area contributed by atoms with Gasteiger partial charge >= 0.3 is 0 Å². The number of carbonyl (C=O) groups is 1. The van der Waals surface area contributed by atoms with Gasteiger partial charge in [-0.2, -0.15) is 0 Å². The van der Waals surface area contributed by atoms with Crippen LogP contribution >= 0.6 is 0 Å². The molecule has 0 aliphatic carbocycles. The van der Waals surface area contributed by atoms with E-state index in [9.17, 15) is 4.79 Å². The molecular formula is C14H20N2O3. The molecule has 1 fully saturated rings. The van der Waals surface area contributed by atoms with Gasteiger partial charge in [0.1, 0.15) is 0 Å². The van der Waals surface area contributed by atoms with E-state index >= 15 is 0 Å². The van der Waals surface area contributed by atoms with E-state index in [-0.39, 0.29) is 12.2 Å². The number of benzene rings is 1. The fourth-order valence-electron chi connectivity index (χ4n) is 1.86. The highest BCUT2D eigenvalue weighted by molar-refractivity contribution is 5.92. The standard InChI is InChI=1S/C14H20N2O3/c1-2-7-15-10-13(17)16-12-5-3-11(4-6-12)14-18-8-9-19-14/h3-6,14-15H,2,7-10H2,1H3,(H,16,17). The van der Waals surface area contributed by atoms with Crippen LogP contribution in [0, 0.1) is 0 Å². The first kappa shape index (κ1) is 14.0. The van der Waals surface area contributed by atoms with Crippen LogP contribution in [0.15, 0.2) is 24.3 Å². The van der Waals surface area contributed by atoms with Crippen molar-refractivity contribution in [2.24, 2.45) is 0 Å². The minimum absolute atomic E-state index is 0.0328. The van der Waals surface area contributed by atoms with Crippen LogP contribution in [-0.4, -0.2) is 32.2 Å². The van der Waals surface area contributed by atoms with Gasteiger partial charge in [-0.3, -0.25) is 4.79 Å². The Bertz CT molecular complexity index is 400.